The third kappa shape index (κ3) is 14.3. The van der Waals surface area contributed by atoms with Crippen LogP contribution in [0.25, 0.3) is 114 Å². The molecule has 0 unspecified atom stereocenters. The van der Waals surface area contributed by atoms with E-state index < -0.39 is 41.7 Å². The average Bonchev–Trinajstić information content (AvgIpc) is 3.82. The first kappa shape index (κ1) is 60.9. The molecule has 9 N–H and O–H groups in total. The second-order valence-electron chi connectivity index (χ2n) is 20.1. The first-order chi connectivity index (χ1) is 42.6. The lowest BCUT2D eigenvalue weighted by Crippen LogP contribution is -2.13. The Labute approximate surface area is 519 Å². The molecule has 0 bridgehead atoms. The molecule has 0 radical (unpaired) electrons. The molecule has 0 atom stereocenters. The molecule has 444 valence electrons. The van der Waals surface area contributed by atoms with E-state index in [1.165, 1.54) is 47.2 Å². The molecule has 15 nitrogen and oxygen atoms in total. The third-order valence-corrected chi connectivity index (χ3v) is 17.5. The Morgan fingerprint density at radius 2 is 0.764 bits per heavy atom. The van der Waals surface area contributed by atoms with Crippen molar-refractivity contribution in [1.82, 2.24) is 29.9 Å². The minimum Gasteiger partial charge on any atom is -0.338 e. The number of sulfonamides is 3. The second kappa shape index (κ2) is 25.5. The maximum Gasteiger partial charge on any atom is 0.238 e. The number of nitrogens with two attached hydrogens (primary N) is 3. The van der Waals surface area contributed by atoms with E-state index in [-0.39, 0.29) is 24.7 Å². The van der Waals surface area contributed by atoms with E-state index in [0.29, 0.717) is 56.1 Å². The minimum atomic E-state index is -3.86. The highest BCUT2D eigenvalue weighted by Crippen LogP contribution is 2.33. The first-order valence-corrected chi connectivity index (χ1v) is 32.3. The minimum absolute atomic E-state index is 0.0509. The number of halogens is 4. The van der Waals surface area contributed by atoms with Crippen LogP contribution in [0.4, 0.5) is 8.78 Å². The molecule has 10 aromatic carbocycles. The maximum atomic E-state index is 14.0. The van der Waals surface area contributed by atoms with E-state index in [1.807, 2.05) is 48.6 Å². The van der Waals surface area contributed by atoms with Crippen LogP contribution in [-0.2, 0) is 30.1 Å². The van der Waals surface area contributed by atoms with Gasteiger partial charge in [-0.15, -0.1) is 0 Å². The molecule has 3 heterocycles. The van der Waals surface area contributed by atoms with Crippen LogP contribution in [0.5, 0.6) is 0 Å². The highest BCUT2D eigenvalue weighted by atomic mass is 35.5. The van der Waals surface area contributed by atoms with Gasteiger partial charge < -0.3 is 15.0 Å². The lowest BCUT2D eigenvalue weighted by molar-refractivity contribution is 0.596. The highest BCUT2D eigenvalue weighted by molar-refractivity contribution is 7.89. The van der Waals surface area contributed by atoms with E-state index in [4.69, 9.17) is 38.6 Å². The molecule has 0 saturated carbocycles. The molecule has 0 aliphatic rings. The highest BCUT2D eigenvalue weighted by Gasteiger charge is 2.19. The summed E-state index contributed by atoms with van der Waals surface area (Å²) in [5.41, 5.74) is 10.4. The molecule has 13 rings (SSSR count). The molecule has 22 heteroatoms. The first-order valence-electron chi connectivity index (χ1n) is 26.9. The van der Waals surface area contributed by atoms with Crippen LogP contribution in [0.1, 0.15) is 34.2 Å². The normalized spacial score (nSPS) is 12.1. The number of fused-ring (bicyclic) bond motifs is 4. The topological polar surface area (TPSA) is 267 Å². The predicted molar refractivity (Wildman–Crippen MR) is 352 cm³/mol. The van der Waals surface area contributed by atoms with Gasteiger partial charge in [0.2, 0.25) is 30.1 Å². The molecule has 89 heavy (non-hydrogen) atoms. The van der Waals surface area contributed by atoms with Crippen molar-refractivity contribution >= 4 is 134 Å². The molecule has 0 aliphatic heterocycles. The number of H-pyrrole nitrogens is 3. The Balaban J connectivity index is 0.000000138. The fourth-order valence-electron chi connectivity index (χ4n) is 9.78. The van der Waals surface area contributed by atoms with Gasteiger partial charge in [-0.3, -0.25) is 0 Å². The summed E-state index contributed by atoms with van der Waals surface area (Å²) in [6.45, 7) is 0. The smallest absolute Gasteiger partial charge is 0.238 e. The Hall–Kier alpha value is -9.74. The third-order valence-electron chi connectivity index (χ3n) is 14.0. The van der Waals surface area contributed by atoms with E-state index in [2.05, 4.69) is 60.2 Å². The van der Waals surface area contributed by atoms with Gasteiger partial charge in [0.1, 0.15) is 29.1 Å². The number of hydrogen-bond acceptors (Lipinski definition) is 9. The van der Waals surface area contributed by atoms with Crippen molar-refractivity contribution in [3.8, 4) is 33.4 Å². The molecule has 0 amide bonds. The Morgan fingerprint density at radius 3 is 1.20 bits per heavy atom. The lowest BCUT2D eigenvalue weighted by atomic mass is 10.1. The molecule has 0 spiro atoms. The van der Waals surface area contributed by atoms with Gasteiger partial charge in [0.25, 0.3) is 0 Å². The number of benzene rings is 10. The van der Waals surface area contributed by atoms with Gasteiger partial charge in [0.15, 0.2) is 0 Å². The zero-order valence-electron chi connectivity index (χ0n) is 46.4. The summed E-state index contributed by atoms with van der Waals surface area (Å²) in [6.07, 6.45) is 10.7. The fraction of sp³-hybridized carbons (Fsp3) is 0. The second-order valence-corrected chi connectivity index (χ2v) is 25.5. The number of aromatic nitrogens is 6. The number of rotatable bonds is 12. The van der Waals surface area contributed by atoms with Gasteiger partial charge in [-0.2, -0.15) is 0 Å². The number of nitrogens with zero attached hydrogens (tertiary/aromatic N) is 3. The van der Waals surface area contributed by atoms with Gasteiger partial charge in [0, 0.05) is 22.3 Å². The summed E-state index contributed by atoms with van der Waals surface area (Å²) in [6, 6.07) is 59.9. The summed E-state index contributed by atoms with van der Waals surface area (Å²) in [5, 5.41) is 18.5. The number of primary sulfonamides is 3. The quantitative estimate of drug-likeness (QED) is 0.0678. The molecule has 3 aromatic heterocycles. The van der Waals surface area contributed by atoms with Crippen LogP contribution in [0.3, 0.4) is 0 Å². The van der Waals surface area contributed by atoms with E-state index in [9.17, 15) is 34.0 Å². The van der Waals surface area contributed by atoms with E-state index in [1.54, 1.807) is 127 Å². The fourth-order valence-corrected chi connectivity index (χ4v) is 12.4. The Morgan fingerprint density at radius 1 is 0.371 bits per heavy atom. The van der Waals surface area contributed by atoms with Crippen LogP contribution in [0.15, 0.2) is 221 Å². The van der Waals surface area contributed by atoms with Crippen LogP contribution in [0.2, 0.25) is 10.0 Å². The summed E-state index contributed by atoms with van der Waals surface area (Å²) in [4.78, 5) is 23.4. The summed E-state index contributed by atoms with van der Waals surface area (Å²) in [5.74, 6) is 0.872. The lowest BCUT2D eigenvalue weighted by Gasteiger charge is -2.07. The van der Waals surface area contributed by atoms with Crippen molar-refractivity contribution in [3.63, 3.8) is 0 Å². The predicted octanol–water partition coefficient (Wildman–Crippen LogP) is 14.9. The summed E-state index contributed by atoms with van der Waals surface area (Å²) >= 11 is 11.6. The number of aromatic amines is 3. The molecule has 0 fully saturated rings. The monoisotopic (exact) mass is 1280 g/mol. The van der Waals surface area contributed by atoms with Crippen molar-refractivity contribution < 1.29 is 34.0 Å². The molecule has 13 aromatic rings. The zero-order valence-corrected chi connectivity index (χ0v) is 50.3. The van der Waals surface area contributed by atoms with Crippen molar-refractivity contribution in [3.05, 3.63) is 262 Å². The number of hydrogen-bond donors (Lipinski definition) is 6. The summed E-state index contributed by atoms with van der Waals surface area (Å²) in [7, 11) is -11.5. The molecule has 0 aliphatic carbocycles. The van der Waals surface area contributed by atoms with Gasteiger partial charge >= 0.3 is 0 Å². The average molecular weight is 1280 g/mol. The van der Waals surface area contributed by atoms with Gasteiger partial charge in [-0.1, -0.05) is 163 Å². The largest absolute Gasteiger partial charge is 0.338 e. The van der Waals surface area contributed by atoms with Crippen LogP contribution >= 0.6 is 23.2 Å². The molecule has 0 saturated heterocycles. The maximum absolute atomic E-state index is 14.0. The number of nitrogens with one attached hydrogen (secondary N) is 3. The Bertz CT molecular complexity index is 5340. The van der Waals surface area contributed by atoms with Crippen molar-refractivity contribution in [2.24, 2.45) is 15.4 Å². The van der Waals surface area contributed by atoms with Gasteiger partial charge in [-0.05, 0) is 142 Å². The number of imidazole rings is 3. The van der Waals surface area contributed by atoms with Crippen molar-refractivity contribution in [1.29, 1.82) is 0 Å². The van der Waals surface area contributed by atoms with E-state index >= 15 is 0 Å². The summed E-state index contributed by atoms with van der Waals surface area (Å²) < 4.78 is 98.7. The van der Waals surface area contributed by atoms with E-state index in [0.717, 1.165) is 44.6 Å². The Kier molecular flexibility index (Phi) is 17.5. The zero-order chi connectivity index (χ0) is 62.6. The van der Waals surface area contributed by atoms with Crippen LogP contribution < -0.4 is 15.4 Å². The standard InChI is InChI=1S/C25H19N3O2S.2C21H15ClFN3O2S/c26-31(29,30)24-8-4-3-7-21(24)20-12-13-22-23(16-20)28-25(27-22)14-10-17-9-11-18-5-1-2-6-19(18)15-17;22-16-6-3-4-13(21(16)23)9-11-20-25-17-10-8-14(12-18(17)26-20)15-5-1-2-7-19(15)29(24,27)28;22-16-11-13(5-8-17(16)23)6-10-21-25-18-9-7-14(12-19(18)26-21)15-3-1-2-4-20(15)29(24,27)28/h1-16H,(H,27,28)(H2,26,29,30);2*1-12H,(H,25,26)(H2,24,27,28)/b14-10+;11-9+;10-6+. The SMILES string of the molecule is NS(=O)(=O)c1ccccc1-c1ccc2nc(/C=C/c3ccc(F)c(Cl)c3)[nH]c2c1.NS(=O)(=O)c1ccccc1-c1ccc2nc(/C=C/c3ccc4ccccc4c3)[nH]c2c1.NS(=O)(=O)c1ccccc1-c1ccc2nc(/C=C/c3cccc(Cl)c3F)[nH]c2c1. The van der Waals surface area contributed by atoms with Crippen LogP contribution in [-0.4, -0.2) is 55.2 Å². The van der Waals surface area contributed by atoms with Crippen molar-refractivity contribution in [2.45, 2.75) is 14.7 Å². The van der Waals surface area contributed by atoms with Crippen LogP contribution in [0, 0.1) is 11.6 Å². The van der Waals surface area contributed by atoms with Gasteiger partial charge in [-0.25, -0.2) is 64.4 Å². The van der Waals surface area contributed by atoms with Crippen molar-refractivity contribution in [2.75, 3.05) is 0 Å². The van der Waals surface area contributed by atoms with Gasteiger partial charge in [0.05, 0.1) is 57.8 Å². The molecular weight excluding hydrogens is 1230 g/mol. The molecular formula is C67H49Cl2F2N9O6S3.